The molecular formula is C21H17NO4. The molecule has 0 saturated heterocycles. The summed E-state index contributed by atoms with van der Waals surface area (Å²) in [5.74, 6) is -0.153. The average molecular weight is 347 g/mol. The van der Waals surface area contributed by atoms with Gasteiger partial charge < -0.3 is 15.2 Å². The highest BCUT2D eigenvalue weighted by atomic mass is 16.5. The maximum Gasteiger partial charge on any atom is 0.343 e. The van der Waals surface area contributed by atoms with Crippen molar-refractivity contribution in [3.8, 4) is 11.5 Å². The van der Waals surface area contributed by atoms with Crippen LogP contribution in [0.1, 0.15) is 26.3 Å². The van der Waals surface area contributed by atoms with Gasteiger partial charge in [-0.1, -0.05) is 17.7 Å². The zero-order valence-corrected chi connectivity index (χ0v) is 14.1. The van der Waals surface area contributed by atoms with Crippen LogP contribution in [-0.2, 0) is 0 Å². The maximum absolute atomic E-state index is 12.2. The van der Waals surface area contributed by atoms with Gasteiger partial charge in [-0.05, 0) is 67.6 Å². The molecule has 3 rings (SSSR count). The Balaban J connectivity index is 1.65. The standard InChI is InChI=1S/C21H17NO4/c1-14-2-10-18(11-3-14)25-20(23)15-4-6-16(7-5-15)21(24)26-19-12-8-17(22)9-13-19/h2-13H,22H2,1H3. The van der Waals surface area contributed by atoms with E-state index in [4.69, 9.17) is 15.2 Å². The lowest BCUT2D eigenvalue weighted by Gasteiger charge is -2.07. The lowest BCUT2D eigenvalue weighted by Crippen LogP contribution is -2.11. The summed E-state index contributed by atoms with van der Waals surface area (Å²) >= 11 is 0. The van der Waals surface area contributed by atoms with Gasteiger partial charge in [0.25, 0.3) is 0 Å². The second kappa shape index (κ2) is 7.53. The molecule has 0 aliphatic rings. The van der Waals surface area contributed by atoms with Gasteiger partial charge in [0.2, 0.25) is 0 Å². The minimum absolute atomic E-state index is 0.328. The molecule has 0 amide bonds. The topological polar surface area (TPSA) is 78.6 Å². The molecule has 0 unspecified atom stereocenters. The number of hydrogen-bond donors (Lipinski definition) is 1. The van der Waals surface area contributed by atoms with Gasteiger partial charge in [-0.3, -0.25) is 0 Å². The molecule has 26 heavy (non-hydrogen) atoms. The largest absolute Gasteiger partial charge is 0.423 e. The third-order valence-corrected chi connectivity index (χ3v) is 3.68. The summed E-state index contributed by atoms with van der Waals surface area (Å²) in [5.41, 5.74) is 7.92. The number of nitrogens with two attached hydrogens (primary N) is 1. The number of carbonyl (C=O) groups excluding carboxylic acids is 2. The third-order valence-electron chi connectivity index (χ3n) is 3.68. The first-order valence-electron chi connectivity index (χ1n) is 7.98. The molecule has 0 saturated carbocycles. The number of anilines is 1. The van der Waals surface area contributed by atoms with Gasteiger partial charge in [0.15, 0.2) is 0 Å². The van der Waals surface area contributed by atoms with Crippen LogP contribution in [0.3, 0.4) is 0 Å². The number of rotatable bonds is 4. The fourth-order valence-corrected chi connectivity index (χ4v) is 2.22. The SMILES string of the molecule is Cc1ccc(OC(=O)c2ccc(C(=O)Oc3ccc(N)cc3)cc2)cc1. The number of ether oxygens (including phenoxy) is 2. The number of benzene rings is 3. The molecule has 0 spiro atoms. The van der Waals surface area contributed by atoms with Crippen molar-refractivity contribution in [2.24, 2.45) is 0 Å². The Labute approximate surface area is 151 Å². The average Bonchev–Trinajstić information content (AvgIpc) is 2.65. The van der Waals surface area contributed by atoms with Gasteiger partial charge in [0.05, 0.1) is 11.1 Å². The lowest BCUT2D eigenvalue weighted by molar-refractivity contribution is 0.0720. The predicted octanol–water partition coefficient (Wildman–Crippen LogP) is 4.02. The van der Waals surface area contributed by atoms with Gasteiger partial charge in [-0.25, -0.2) is 9.59 Å². The van der Waals surface area contributed by atoms with Crippen LogP contribution in [-0.4, -0.2) is 11.9 Å². The number of aryl methyl sites for hydroxylation is 1. The molecule has 3 aromatic rings. The fraction of sp³-hybridized carbons (Fsp3) is 0.0476. The smallest absolute Gasteiger partial charge is 0.343 e. The first-order chi connectivity index (χ1) is 12.5. The Bertz CT molecular complexity index is 835. The molecule has 0 aliphatic carbocycles. The van der Waals surface area contributed by atoms with Crippen LogP contribution in [0, 0.1) is 6.92 Å². The molecule has 3 aromatic carbocycles. The van der Waals surface area contributed by atoms with Crippen LogP contribution < -0.4 is 15.2 Å². The second-order valence-electron chi connectivity index (χ2n) is 5.74. The molecule has 130 valence electrons. The third kappa shape index (κ3) is 4.27. The Morgan fingerprint density at radius 1 is 0.654 bits per heavy atom. The quantitative estimate of drug-likeness (QED) is 0.438. The molecule has 0 atom stereocenters. The number of nitrogen functional groups attached to an aromatic ring is 1. The van der Waals surface area contributed by atoms with Crippen LogP contribution in [0.15, 0.2) is 72.8 Å². The van der Waals surface area contributed by atoms with Crippen molar-refractivity contribution in [2.75, 3.05) is 5.73 Å². The number of esters is 2. The lowest BCUT2D eigenvalue weighted by atomic mass is 10.1. The summed E-state index contributed by atoms with van der Waals surface area (Å²) in [6.07, 6.45) is 0. The minimum atomic E-state index is -0.520. The zero-order valence-electron chi connectivity index (χ0n) is 14.1. The van der Waals surface area contributed by atoms with E-state index in [0.717, 1.165) is 5.56 Å². The summed E-state index contributed by atoms with van der Waals surface area (Å²) in [6.45, 7) is 1.95. The summed E-state index contributed by atoms with van der Waals surface area (Å²) in [5, 5.41) is 0. The Hall–Kier alpha value is -3.60. The molecule has 0 radical (unpaired) electrons. The summed E-state index contributed by atoms with van der Waals surface area (Å²) in [7, 11) is 0. The van der Waals surface area contributed by atoms with Crippen LogP contribution in [0.25, 0.3) is 0 Å². The van der Waals surface area contributed by atoms with E-state index in [1.807, 2.05) is 19.1 Å². The molecular weight excluding hydrogens is 330 g/mol. The van der Waals surface area contributed by atoms with E-state index in [9.17, 15) is 9.59 Å². The molecule has 0 aliphatic heterocycles. The maximum atomic E-state index is 12.2. The Morgan fingerprint density at radius 2 is 1.04 bits per heavy atom. The van der Waals surface area contributed by atoms with E-state index in [1.54, 1.807) is 36.4 Å². The van der Waals surface area contributed by atoms with Gasteiger partial charge in [-0.2, -0.15) is 0 Å². The van der Waals surface area contributed by atoms with E-state index in [2.05, 4.69) is 0 Å². The highest BCUT2D eigenvalue weighted by Crippen LogP contribution is 2.17. The van der Waals surface area contributed by atoms with Crippen molar-refractivity contribution in [3.63, 3.8) is 0 Å². The molecule has 0 fully saturated rings. The summed E-state index contributed by atoms with van der Waals surface area (Å²) < 4.78 is 10.5. The molecule has 0 bridgehead atoms. The van der Waals surface area contributed by atoms with E-state index >= 15 is 0 Å². The van der Waals surface area contributed by atoms with Crippen molar-refractivity contribution < 1.29 is 19.1 Å². The Kier molecular flexibility index (Phi) is 4.99. The van der Waals surface area contributed by atoms with Crippen LogP contribution in [0.5, 0.6) is 11.5 Å². The van der Waals surface area contributed by atoms with E-state index < -0.39 is 11.9 Å². The predicted molar refractivity (Wildman–Crippen MR) is 98.4 cm³/mol. The van der Waals surface area contributed by atoms with Crippen LogP contribution in [0.2, 0.25) is 0 Å². The van der Waals surface area contributed by atoms with Gasteiger partial charge in [-0.15, -0.1) is 0 Å². The van der Waals surface area contributed by atoms with Crippen molar-refractivity contribution in [2.45, 2.75) is 6.92 Å². The molecule has 2 N–H and O–H groups in total. The van der Waals surface area contributed by atoms with Crippen molar-refractivity contribution >= 4 is 17.6 Å². The zero-order chi connectivity index (χ0) is 18.5. The molecule has 0 aromatic heterocycles. The van der Waals surface area contributed by atoms with E-state index in [0.29, 0.717) is 28.3 Å². The molecule has 0 heterocycles. The van der Waals surface area contributed by atoms with Crippen molar-refractivity contribution in [3.05, 3.63) is 89.5 Å². The minimum Gasteiger partial charge on any atom is -0.423 e. The normalized spacial score (nSPS) is 10.2. The van der Waals surface area contributed by atoms with E-state index in [1.165, 1.54) is 24.3 Å². The highest BCUT2D eigenvalue weighted by Gasteiger charge is 2.12. The number of hydrogen-bond acceptors (Lipinski definition) is 5. The van der Waals surface area contributed by atoms with Crippen LogP contribution in [0.4, 0.5) is 5.69 Å². The second-order valence-corrected chi connectivity index (χ2v) is 5.74. The molecule has 5 nitrogen and oxygen atoms in total. The van der Waals surface area contributed by atoms with Crippen LogP contribution >= 0.6 is 0 Å². The summed E-state index contributed by atoms with van der Waals surface area (Å²) in [4.78, 5) is 24.3. The van der Waals surface area contributed by atoms with Crippen molar-refractivity contribution in [1.82, 2.24) is 0 Å². The molecule has 5 heteroatoms. The monoisotopic (exact) mass is 347 g/mol. The number of carbonyl (C=O) groups is 2. The summed E-state index contributed by atoms with van der Waals surface area (Å²) in [6, 6.07) is 19.8. The van der Waals surface area contributed by atoms with Gasteiger partial charge in [0, 0.05) is 5.69 Å². The van der Waals surface area contributed by atoms with Gasteiger partial charge in [0.1, 0.15) is 11.5 Å². The van der Waals surface area contributed by atoms with Crippen molar-refractivity contribution in [1.29, 1.82) is 0 Å². The van der Waals surface area contributed by atoms with Gasteiger partial charge >= 0.3 is 11.9 Å². The fourth-order valence-electron chi connectivity index (χ4n) is 2.22. The highest BCUT2D eigenvalue weighted by molar-refractivity contribution is 5.94. The Morgan fingerprint density at radius 3 is 1.46 bits per heavy atom. The first kappa shape index (κ1) is 17.2. The van der Waals surface area contributed by atoms with E-state index in [-0.39, 0.29) is 0 Å². The first-order valence-corrected chi connectivity index (χ1v) is 7.98.